The third kappa shape index (κ3) is 3.85. The van der Waals surface area contributed by atoms with Gasteiger partial charge in [-0.05, 0) is 29.8 Å². The Balaban J connectivity index is 1.63. The van der Waals surface area contributed by atoms with Gasteiger partial charge < -0.3 is 13.9 Å². The summed E-state index contributed by atoms with van der Waals surface area (Å²) in [5.74, 6) is 0.250. The highest BCUT2D eigenvalue weighted by atomic mass is 16.5. The summed E-state index contributed by atoms with van der Waals surface area (Å²) in [7, 11) is 1.57. The fourth-order valence-corrected chi connectivity index (χ4v) is 3.54. The largest absolute Gasteiger partial charge is 0.496 e. The highest BCUT2D eigenvalue weighted by Crippen LogP contribution is 2.28. The lowest BCUT2D eigenvalue weighted by molar-refractivity contribution is -0.144. The quantitative estimate of drug-likeness (QED) is 0.285. The van der Waals surface area contributed by atoms with Gasteiger partial charge >= 0.3 is 11.6 Å². The second-order valence-electron chi connectivity index (χ2n) is 6.90. The summed E-state index contributed by atoms with van der Waals surface area (Å²) >= 11 is 0. The molecule has 0 bridgehead atoms. The lowest BCUT2D eigenvalue weighted by atomic mass is 10.0. The Hall–Kier alpha value is -3.60. The zero-order valence-corrected chi connectivity index (χ0v) is 16.2. The second-order valence-corrected chi connectivity index (χ2v) is 6.90. The molecule has 0 saturated carbocycles. The number of esters is 1. The Kier molecular flexibility index (Phi) is 5.04. The summed E-state index contributed by atoms with van der Waals surface area (Å²) in [6.07, 6.45) is 0.0883. The highest BCUT2D eigenvalue weighted by Gasteiger charge is 2.14. The van der Waals surface area contributed by atoms with Crippen LogP contribution in [-0.2, 0) is 22.6 Å². The summed E-state index contributed by atoms with van der Waals surface area (Å²) in [5.41, 5.74) is 2.42. The molecule has 5 heteroatoms. The number of methoxy groups -OCH3 is 1. The van der Waals surface area contributed by atoms with E-state index in [1.165, 1.54) is 6.07 Å². The maximum absolute atomic E-state index is 12.5. The molecular weight excluding hydrogens is 368 g/mol. The van der Waals surface area contributed by atoms with Crippen LogP contribution in [0.4, 0.5) is 0 Å². The summed E-state index contributed by atoms with van der Waals surface area (Å²) in [4.78, 5) is 24.4. The van der Waals surface area contributed by atoms with Gasteiger partial charge in [0.25, 0.3) is 0 Å². The van der Waals surface area contributed by atoms with E-state index in [9.17, 15) is 9.59 Å². The van der Waals surface area contributed by atoms with Crippen LogP contribution in [0.25, 0.3) is 21.7 Å². The minimum Gasteiger partial charge on any atom is -0.496 e. The van der Waals surface area contributed by atoms with Gasteiger partial charge in [0.05, 0.1) is 13.5 Å². The van der Waals surface area contributed by atoms with Crippen molar-refractivity contribution in [1.29, 1.82) is 0 Å². The molecule has 1 aromatic heterocycles. The third-order valence-electron chi connectivity index (χ3n) is 4.87. The number of carbonyl (C=O) groups is 1. The SMILES string of the molecule is COc1ccc(C)cc1CC(=O)OCc1cc(=O)oc2ccc3ccccc3c12. The van der Waals surface area contributed by atoms with Crippen molar-refractivity contribution in [2.24, 2.45) is 0 Å². The van der Waals surface area contributed by atoms with E-state index in [1.54, 1.807) is 13.2 Å². The molecule has 0 aliphatic heterocycles. The number of aryl methyl sites for hydroxylation is 1. The Morgan fingerprint density at radius 2 is 1.83 bits per heavy atom. The molecule has 0 N–H and O–H groups in total. The monoisotopic (exact) mass is 388 g/mol. The molecule has 0 unspecified atom stereocenters. The van der Waals surface area contributed by atoms with Gasteiger partial charge in [0, 0.05) is 22.6 Å². The van der Waals surface area contributed by atoms with Gasteiger partial charge in [-0.3, -0.25) is 4.79 Å². The number of ether oxygens (including phenoxy) is 2. The molecule has 0 aliphatic carbocycles. The summed E-state index contributed by atoms with van der Waals surface area (Å²) in [6, 6.07) is 18.5. The predicted octanol–water partition coefficient (Wildman–Crippen LogP) is 4.55. The van der Waals surface area contributed by atoms with Crippen molar-refractivity contribution in [3.8, 4) is 5.75 Å². The maximum atomic E-state index is 12.5. The average Bonchev–Trinajstić information content (AvgIpc) is 2.71. The molecule has 3 aromatic carbocycles. The van der Waals surface area contributed by atoms with E-state index in [2.05, 4.69) is 0 Å². The number of fused-ring (bicyclic) bond motifs is 3. The van der Waals surface area contributed by atoms with E-state index in [1.807, 2.05) is 55.5 Å². The van der Waals surface area contributed by atoms with Gasteiger partial charge in [-0.1, -0.05) is 48.0 Å². The van der Waals surface area contributed by atoms with Gasteiger partial charge in [0.1, 0.15) is 17.9 Å². The van der Waals surface area contributed by atoms with Gasteiger partial charge in [0.2, 0.25) is 0 Å². The lowest BCUT2D eigenvalue weighted by Crippen LogP contribution is -2.11. The second kappa shape index (κ2) is 7.80. The zero-order valence-electron chi connectivity index (χ0n) is 16.2. The predicted molar refractivity (Wildman–Crippen MR) is 111 cm³/mol. The molecule has 0 fully saturated rings. The van der Waals surface area contributed by atoms with E-state index >= 15 is 0 Å². The molecule has 4 aromatic rings. The molecule has 0 atom stereocenters. The van der Waals surface area contributed by atoms with Crippen molar-refractivity contribution in [1.82, 2.24) is 0 Å². The molecule has 0 spiro atoms. The Morgan fingerprint density at radius 3 is 2.66 bits per heavy atom. The van der Waals surface area contributed by atoms with Crippen LogP contribution in [0.3, 0.4) is 0 Å². The Labute approximate surface area is 167 Å². The molecule has 4 rings (SSSR count). The van der Waals surface area contributed by atoms with Crippen LogP contribution < -0.4 is 10.4 Å². The van der Waals surface area contributed by atoms with E-state index < -0.39 is 11.6 Å². The molecule has 1 heterocycles. The molecular formula is C24H20O5. The summed E-state index contributed by atoms with van der Waals surface area (Å²) in [6.45, 7) is 1.94. The van der Waals surface area contributed by atoms with Gasteiger partial charge in [-0.15, -0.1) is 0 Å². The van der Waals surface area contributed by atoms with Crippen molar-refractivity contribution < 1.29 is 18.7 Å². The lowest BCUT2D eigenvalue weighted by Gasteiger charge is -2.11. The van der Waals surface area contributed by atoms with E-state index in [4.69, 9.17) is 13.9 Å². The van der Waals surface area contributed by atoms with Gasteiger partial charge in [-0.2, -0.15) is 0 Å². The first-order chi connectivity index (χ1) is 14.0. The topological polar surface area (TPSA) is 65.7 Å². The number of rotatable bonds is 5. The fraction of sp³-hybridized carbons (Fsp3) is 0.167. The standard InChI is InChI=1S/C24H20O5/c1-15-7-9-20(27-2)17(11-15)12-22(25)28-14-18-13-23(26)29-21-10-8-16-5-3-4-6-19(16)24(18)21/h3-11,13H,12,14H2,1-2H3. The zero-order chi connectivity index (χ0) is 20.4. The van der Waals surface area contributed by atoms with Crippen LogP contribution in [0, 0.1) is 6.92 Å². The minimum atomic E-state index is -0.473. The summed E-state index contributed by atoms with van der Waals surface area (Å²) in [5, 5.41) is 2.75. The minimum absolute atomic E-state index is 0.0108. The van der Waals surface area contributed by atoms with Gasteiger partial charge in [0.15, 0.2) is 0 Å². The molecule has 146 valence electrons. The smallest absolute Gasteiger partial charge is 0.336 e. The normalized spacial score (nSPS) is 11.0. The molecule has 0 radical (unpaired) electrons. The van der Waals surface area contributed by atoms with Crippen LogP contribution in [0.5, 0.6) is 5.75 Å². The summed E-state index contributed by atoms with van der Waals surface area (Å²) < 4.78 is 16.2. The van der Waals surface area contributed by atoms with Crippen LogP contribution in [0.1, 0.15) is 16.7 Å². The van der Waals surface area contributed by atoms with Crippen LogP contribution >= 0.6 is 0 Å². The van der Waals surface area contributed by atoms with Crippen LogP contribution in [0.15, 0.2) is 69.9 Å². The van der Waals surface area contributed by atoms with Crippen molar-refractivity contribution in [3.05, 3.63) is 87.8 Å². The van der Waals surface area contributed by atoms with E-state index in [0.29, 0.717) is 16.9 Å². The van der Waals surface area contributed by atoms with Crippen molar-refractivity contribution in [3.63, 3.8) is 0 Å². The first kappa shape index (κ1) is 18.7. The number of hydrogen-bond donors (Lipinski definition) is 0. The number of benzene rings is 3. The maximum Gasteiger partial charge on any atom is 0.336 e. The molecule has 29 heavy (non-hydrogen) atoms. The first-order valence-corrected chi connectivity index (χ1v) is 9.29. The molecule has 0 saturated heterocycles. The number of hydrogen-bond acceptors (Lipinski definition) is 5. The van der Waals surface area contributed by atoms with Gasteiger partial charge in [-0.25, -0.2) is 4.79 Å². The van der Waals surface area contributed by atoms with Crippen LogP contribution in [0.2, 0.25) is 0 Å². The van der Waals surface area contributed by atoms with Crippen LogP contribution in [-0.4, -0.2) is 13.1 Å². The Bertz CT molecular complexity index is 1270. The first-order valence-electron chi connectivity index (χ1n) is 9.29. The van der Waals surface area contributed by atoms with E-state index in [0.717, 1.165) is 27.3 Å². The average molecular weight is 388 g/mol. The Morgan fingerprint density at radius 1 is 1.00 bits per heavy atom. The van der Waals surface area contributed by atoms with Crippen molar-refractivity contribution in [2.75, 3.05) is 7.11 Å². The third-order valence-corrected chi connectivity index (χ3v) is 4.87. The van der Waals surface area contributed by atoms with E-state index in [-0.39, 0.29) is 13.0 Å². The fourth-order valence-electron chi connectivity index (χ4n) is 3.54. The molecule has 0 aliphatic rings. The highest BCUT2D eigenvalue weighted by molar-refractivity contribution is 6.07. The van der Waals surface area contributed by atoms with Crippen molar-refractivity contribution in [2.45, 2.75) is 20.0 Å². The number of carbonyl (C=O) groups excluding carboxylic acids is 1. The molecule has 5 nitrogen and oxygen atoms in total. The van der Waals surface area contributed by atoms with Crippen molar-refractivity contribution >= 4 is 27.7 Å². The molecule has 0 amide bonds.